The van der Waals surface area contributed by atoms with Crippen LogP contribution in [0, 0.1) is 0 Å². The summed E-state index contributed by atoms with van der Waals surface area (Å²) >= 11 is 1.89. The fraction of sp³-hybridized carbons (Fsp3) is 0. The Morgan fingerprint density at radius 1 is 0.360 bits per heavy atom. The van der Waals surface area contributed by atoms with Crippen LogP contribution in [0.15, 0.2) is 188 Å². The molecule has 0 aliphatic rings. The standard InChI is InChI=1S/C48H31NS/c1-2-13-32(14-3-1)33-25-28-36(29-26-33)49(45-23-12-16-34-27-30-42-41-21-9-11-24-46(41)50-48(42)47(34)45)44-22-10-8-20-40(44)43-31-35-15-4-5-17-37(35)38-18-6-7-19-39(38)43/h1-31H. The number of hydrogen-bond acceptors (Lipinski definition) is 2. The Balaban J connectivity index is 1.28. The number of para-hydroxylation sites is 1. The summed E-state index contributed by atoms with van der Waals surface area (Å²) in [6.45, 7) is 0. The van der Waals surface area contributed by atoms with Crippen LogP contribution in [0.2, 0.25) is 0 Å². The van der Waals surface area contributed by atoms with Crippen LogP contribution in [0.5, 0.6) is 0 Å². The molecule has 0 bridgehead atoms. The lowest BCUT2D eigenvalue weighted by Crippen LogP contribution is -2.12. The van der Waals surface area contributed by atoms with Gasteiger partial charge in [-0.15, -0.1) is 11.3 Å². The van der Waals surface area contributed by atoms with Gasteiger partial charge in [0.25, 0.3) is 0 Å². The van der Waals surface area contributed by atoms with Crippen molar-refractivity contribution in [2.24, 2.45) is 0 Å². The van der Waals surface area contributed by atoms with Crippen LogP contribution >= 0.6 is 11.3 Å². The van der Waals surface area contributed by atoms with Gasteiger partial charge in [-0.3, -0.25) is 0 Å². The first-order chi connectivity index (χ1) is 24.8. The molecule has 1 nitrogen and oxygen atoms in total. The van der Waals surface area contributed by atoms with Crippen LogP contribution in [-0.4, -0.2) is 0 Å². The Morgan fingerprint density at radius 2 is 1.00 bits per heavy atom. The predicted octanol–water partition coefficient (Wildman–Crippen LogP) is 14.3. The number of thiophene rings is 1. The Morgan fingerprint density at radius 3 is 1.86 bits per heavy atom. The first kappa shape index (κ1) is 28.8. The van der Waals surface area contributed by atoms with E-state index in [1.165, 1.54) is 80.4 Å². The number of rotatable bonds is 5. The molecule has 2 heteroatoms. The molecular formula is C48H31NS. The van der Waals surface area contributed by atoms with Crippen molar-refractivity contribution < 1.29 is 0 Å². The first-order valence-corrected chi connectivity index (χ1v) is 17.9. The Bertz CT molecular complexity index is 2870. The van der Waals surface area contributed by atoms with Crippen molar-refractivity contribution in [3.63, 3.8) is 0 Å². The molecule has 10 rings (SSSR count). The van der Waals surface area contributed by atoms with Gasteiger partial charge in [0.1, 0.15) is 0 Å². The molecule has 0 atom stereocenters. The lowest BCUT2D eigenvalue weighted by Gasteiger charge is -2.29. The van der Waals surface area contributed by atoms with Crippen LogP contribution in [-0.2, 0) is 0 Å². The van der Waals surface area contributed by atoms with Crippen molar-refractivity contribution in [2.75, 3.05) is 4.90 Å². The van der Waals surface area contributed by atoms with Gasteiger partial charge in [0, 0.05) is 36.8 Å². The van der Waals surface area contributed by atoms with E-state index >= 15 is 0 Å². The van der Waals surface area contributed by atoms with Crippen LogP contribution in [0.3, 0.4) is 0 Å². The topological polar surface area (TPSA) is 3.24 Å². The summed E-state index contributed by atoms with van der Waals surface area (Å²) in [7, 11) is 0. The van der Waals surface area contributed by atoms with E-state index in [4.69, 9.17) is 0 Å². The fourth-order valence-electron chi connectivity index (χ4n) is 7.73. The summed E-state index contributed by atoms with van der Waals surface area (Å²) in [5.74, 6) is 0. The smallest absolute Gasteiger partial charge is 0.0554 e. The molecule has 0 spiro atoms. The third-order valence-electron chi connectivity index (χ3n) is 10.0. The molecule has 0 amide bonds. The largest absolute Gasteiger partial charge is 0.309 e. The maximum atomic E-state index is 2.49. The van der Waals surface area contributed by atoms with E-state index in [1.54, 1.807) is 0 Å². The molecule has 0 aliphatic heterocycles. The zero-order chi connectivity index (χ0) is 33.0. The molecule has 0 fully saturated rings. The number of anilines is 3. The Hall–Kier alpha value is -6.22. The molecule has 0 radical (unpaired) electrons. The van der Waals surface area contributed by atoms with Gasteiger partial charge >= 0.3 is 0 Å². The summed E-state index contributed by atoms with van der Waals surface area (Å²) in [4.78, 5) is 2.49. The molecular weight excluding hydrogens is 623 g/mol. The second-order valence-electron chi connectivity index (χ2n) is 12.9. The molecule has 0 unspecified atom stereocenters. The number of benzene rings is 9. The molecule has 9 aromatic carbocycles. The van der Waals surface area contributed by atoms with Crippen LogP contribution < -0.4 is 4.90 Å². The van der Waals surface area contributed by atoms with Gasteiger partial charge in [-0.25, -0.2) is 0 Å². The van der Waals surface area contributed by atoms with Crippen LogP contribution in [0.1, 0.15) is 0 Å². The molecule has 0 saturated carbocycles. The second-order valence-corrected chi connectivity index (χ2v) is 13.9. The molecule has 1 heterocycles. The highest BCUT2D eigenvalue weighted by atomic mass is 32.1. The third-order valence-corrected chi connectivity index (χ3v) is 11.2. The minimum atomic E-state index is 1.12. The van der Waals surface area contributed by atoms with Crippen molar-refractivity contribution in [3.05, 3.63) is 188 Å². The quantitative estimate of drug-likeness (QED) is 0.167. The van der Waals surface area contributed by atoms with Gasteiger partial charge in [-0.05, 0) is 80.0 Å². The van der Waals surface area contributed by atoms with E-state index in [0.29, 0.717) is 0 Å². The summed E-state index contributed by atoms with van der Waals surface area (Å²) in [5, 5.41) is 10.2. The maximum absolute atomic E-state index is 2.49. The molecule has 1 aromatic heterocycles. The van der Waals surface area contributed by atoms with E-state index in [-0.39, 0.29) is 0 Å². The fourth-order valence-corrected chi connectivity index (χ4v) is 9.00. The highest BCUT2D eigenvalue weighted by molar-refractivity contribution is 7.26. The molecule has 10 aromatic rings. The van der Waals surface area contributed by atoms with E-state index in [9.17, 15) is 0 Å². The van der Waals surface area contributed by atoms with Crippen molar-refractivity contribution in [3.8, 4) is 22.3 Å². The SMILES string of the molecule is c1ccc(-c2ccc(N(c3ccccc3-c3cc4ccccc4c4ccccc34)c3cccc4ccc5c6ccccc6sc5c34)cc2)cc1. The summed E-state index contributed by atoms with van der Waals surface area (Å²) in [5.41, 5.74) is 8.28. The minimum Gasteiger partial charge on any atom is -0.309 e. The highest BCUT2D eigenvalue weighted by Crippen LogP contribution is 2.49. The van der Waals surface area contributed by atoms with E-state index in [2.05, 4.69) is 193 Å². The van der Waals surface area contributed by atoms with Gasteiger partial charge in [0.2, 0.25) is 0 Å². The normalized spacial score (nSPS) is 11.6. The lowest BCUT2D eigenvalue weighted by atomic mass is 9.92. The lowest BCUT2D eigenvalue weighted by molar-refractivity contribution is 1.30. The molecule has 0 aliphatic carbocycles. The van der Waals surface area contributed by atoms with Crippen molar-refractivity contribution >= 4 is 80.9 Å². The number of nitrogens with zero attached hydrogens (tertiary/aromatic N) is 1. The molecule has 234 valence electrons. The van der Waals surface area contributed by atoms with Crippen molar-refractivity contribution in [1.29, 1.82) is 0 Å². The third kappa shape index (κ3) is 4.61. The zero-order valence-electron chi connectivity index (χ0n) is 27.3. The summed E-state index contributed by atoms with van der Waals surface area (Å²) < 4.78 is 2.63. The summed E-state index contributed by atoms with van der Waals surface area (Å²) in [6.07, 6.45) is 0. The average Bonchev–Trinajstić information content (AvgIpc) is 3.58. The van der Waals surface area contributed by atoms with Gasteiger partial charge < -0.3 is 4.90 Å². The van der Waals surface area contributed by atoms with E-state index in [0.717, 1.165) is 11.4 Å². The van der Waals surface area contributed by atoms with Gasteiger partial charge in [0.15, 0.2) is 0 Å². The summed E-state index contributed by atoms with van der Waals surface area (Å²) in [6, 6.07) is 68.7. The van der Waals surface area contributed by atoms with Crippen LogP contribution in [0.4, 0.5) is 17.1 Å². The first-order valence-electron chi connectivity index (χ1n) is 17.1. The predicted molar refractivity (Wildman–Crippen MR) is 217 cm³/mol. The van der Waals surface area contributed by atoms with E-state index < -0.39 is 0 Å². The highest BCUT2D eigenvalue weighted by Gasteiger charge is 2.22. The number of hydrogen-bond donors (Lipinski definition) is 0. The second kappa shape index (κ2) is 11.7. The van der Waals surface area contributed by atoms with Gasteiger partial charge in [-0.2, -0.15) is 0 Å². The number of fused-ring (bicyclic) bond motifs is 8. The van der Waals surface area contributed by atoms with Gasteiger partial charge in [0.05, 0.1) is 11.4 Å². The van der Waals surface area contributed by atoms with Gasteiger partial charge in [-0.1, -0.05) is 152 Å². The monoisotopic (exact) mass is 653 g/mol. The maximum Gasteiger partial charge on any atom is 0.0554 e. The Labute approximate surface area is 294 Å². The van der Waals surface area contributed by atoms with Crippen molar-refractivity contribution in [2.45, 2.75) is 0 Å². The zero-order valence-corrected chi connectivity index (χ0v) is 28.1. The van der Waals surface area contributed by atoms with Crippen molar-refractivity contribution in [1.82, 2.24) is 0 Å². The minimum absolute atomic E-state index is 1.12. The molecule has 0 N–H and O–H groups in total. The molecule has 0 saturated heterocycles. The van der Waals surface area contributed by atoms with Crippen LogP contribution in [0.25, 0.3) is 74.7 Å². The van der Waals surface area contributed by atoms with E-state index in [1.807, 2.05) is 11.3 Å². The Kier molecular flexibility index (Phi) is 6.75. The molecule has 50 heavy (non-hydrogen) atoms. The average molecular weight is 654 g/mol.